The third-order valence-corrected chi connectivity index (χ3v) is 3.09. The van der Waals surface area contributed by atoms with Gasteiger partial charge in [-0.05, 0) is 31.7 Å². The molecule has 0 aliphatic heterocycles. The summed E-state index contributed by atoms with van der Waals surface area (Å²) in [6.45, 7) is 0. The van der Waals surface area contributed by atoms with Crippen LogP contribution in [0.1, 0.15) is 46.4 Å². The van der Waals surface area contributed by atoms with E-state index in [2.05, 4.69) is 15.6 Å². The highest BCUT2D eigenvalue weighted by Crippen LogP contribution is 2.20. The van der Waals surface area contributed by atoms with Crippen molar-refractivity contribution < 1.29 is 9.59 Å². The van der Waals surface area contributed by atoms with Crippen LogP contribution in [0.2, 0.25) is 0 Å². The molecule has 1 heterocycles. The van der Waals surface area contributed by atoms with Gasteiger partial charge in [-0.2, -0.15) is 0 Å². The molecule has 0 aromatic carbocycles. The molecule has 1 aromatic rings. The highest BCUT2D eigenvalue weighted by atomic mass is 16.2. The summed E-state index contributed by atoms with van der Waals surface area (Å²) in [7, 11) is 0. The molecule has 0 radical (unpaired) electrons. The van der Waals surface area contributed by atoms with Crippen molar-refractivity contribution in [2.24, 2.45) is 0 Å². The molecule has 18 heavy (non-hydrogen) atoms. The zero-order chi connectivity index (χ0) is 12.5. The SMILES string of the molecule is O=C(NC1CC1)c1cncc(C(=O)NC2CC2)c1. The molecule has 5 heteroatoms. The lowest BCUT2D eigenvalue weighted by Gasteiger charge is -2.06. The Morgan fingerprint density at radius 1 is 0.944 bits per heavy atom. The fraction of sp³-hybridized carbons (Fsp3) is 0.462. The summed E-state index contributed by atoms with van der Waals surface area (Å²) >= 11 is 0. The molecule has 3 rings (SSSR count). The number of hydrogen-bond acceptors (Lipinski definition) is 3. The molecular weight excluding hydrogens is 230 g/mol. The van der Waals surface area contributed by atoms with E-state index < -0.39 is 0 Å². The van der Waals surface area contributed by atoms with Crippen molar-refractivity contribution in [2.75, 3.05) is 0 Å². The summed E-state index contributed by atoms with van der Waals surface area (Å²) < 4.78 is 0. The molecule has 94 valence electrons. The van der Waals surface area contributed by atoms with E-state index in [1.165, 1.54) is 12.4 Å². The minimum Gasteiger partial charge on any atom is -0.349 e. The number of hydrogen-bond donors (Lipinski definition) is 2. The Hall–Kier alpha value is -1.91. The molecule has 0 bridgehead atoms. The van der Waals surface area contributed by atoms with Gasteiger partial charge >= 0.3 is 0 Å². The van der Waals surface area contributed by atoms with Crippen LogP contribution in [0.25, 0.3) is 0 Å². The molecule has 2 aliphatic carbocycles. The monoisotopic (exact) mass is 245 g/mol. The van der Waals surface area contributed by atoms with Gasteiger partial charge in [0.15, 0.2) is 0 Å². The highest BCUT2D eigenvalue weighted by Gasteiger charge is 2.26. The van der Waals surface area contributed by atoms with E-state index in [0.717, 1.165) is 25.7 Å². The Morgan fingerprint density at radius 2 is 1.39 bits per heavy atom. The van der Waals surface area contributed by atoms with E-state index in [9.17, 15) is 9.59 Å². The number of nitrogens with zero attached hydrogens (tertiary/aromatic N) is 1. The van der Waals surface area contributed by atoms with E-state index in [1.807, 2.05) is 0 Å². The molecule has 2 N–H and O–H groups in total. The molecule has 1 aromatic heterocycles. The van der Waals surface area contributed by atoms with Crippen LogP contribution in [0.3, 0.4) is 0 Å². The van der Waals surface area contributed by atoms with E-state index in [-0.39, 0.29) is 11.8 Å². The van der Waals surface area contributed by atoms with Crippen LogP contribution in [0.5, 0.6) is 0 Å². The van der Waals surface area contributed by atoms with Crippen molar-refractivity contribution in [3.63, 3.8) is 0 Å². The largest absolute Gasteiger partial charge is 0.349 e. The summed E-state index contributed by atoms with van der Waals surface area (Å²) in [6, 6.07) is 2.21. The molecule has 2 fully saturated rings. The maximum atomic E-state index is 11.8. The van der Waals surface area contributed by atoms with Crippen LogP contribution in [0, 0.1) is 0 Å². The van der Waals surface area contributed by atoms with Gasteiger partial charge in [0, 0.05) is 24.5 Å². The van der Waals surface area contributed by atoms with Crippen LogP contribution >= 0.6 is 0 Å². The van der Waals surface area contributed by atoms with Gasteiger partial charge in [-0.1, -0.05) is 0 Å². The second-order valence-electron chi connectivity index (χ2n) is 4.96. The third-order valence-electron chi connectivity index (χ3n) is 3.09. The van der Waals surface area contributed by atoms with Crippen molar-refractivity contribution in [2.45, 2.75) is 37.8 Å². The number of amides is 2. The molecule has 0 atom stereocenters. The van der Waals surface area contributed by atoms with Gasteiger partial charge in [-0.15, -0.1) is 0 Å². The molecule has 0 unspecified atom stereocenters. The zero-order valence-corrected chi connectivity index (χ0v) is 9.98. The van der Waals surface area contributed by atoms with Gasteiger partial charge in [0.05, 0.1) is 11.1 Å². The summed E-state index contributed by atoms with van der Waals surface area (Å²) in [5.41, 5.74) is 0.899. The smallest absolute Gasteiger partial charge is 0.253 e. The van der Waals surface area contributed by atoms with E-state index in [0.29, 0.717) is 23.2 Å². The Morgan fingerprint density at radius 3 is 1.78 bits per heavy atom. The molecule has 0 saturated heterocycles. The molecule has 2 saturated carbocycles. The number of carbonyl (C=O) groups excluding carboxylic acids is 2. The quantitative estimate of drug-likeness (QED) is 0.826. The van der Waals surface area contributed by atoms with Crippen LogP contribution in [-0.2, 0) is 0 Å². The van der Waals surface area contributed by atoms with Crippen molar-refractivity contribution in [1.29, 1.82) is 0 Å². The Labute approximate surface area is 105 Å². The zero-order valence-electron chi connectivity index (χ0n) is 9.98. The maximum absolute atomic E-state index is 11.8. The first-order valence-corrected chi connectivity index (χ1v) is 6.29. The summed E-state index contributed by atoms with van der Waals surface area (Å²) in [5, 5.41) is 5.76. The fourth-order valence-corrected chi connectivity index (χ4v) is 1.68. The first kappa shape index (κ1) is 11.2. The molecule has 5 nitrogen and oxygen atoms in total. The summed E-state index contributed by atoms with van der Waals surface area (Å²) in [6.07, 6.45) is 7.15. The molecule has 2 amide bonds. The number of rotatable bonds is 4. The second-order valence-corrected chi connectivity index (χ2v) is 4.96. The van der Waals surface area contributed by atoms with E-state index in [4.69, 9.17) is 0 Å². The minimum atomic E-state index is -0.147. The first-order valence-electron chi connectivity index (χ1n) is 6.29. The number of pyridine rings is 1. The lowest BCUT2D eigenvalue weighted by atomic mass is 10.2. The lowest BCUT2D eigenvalue weighted by Crippen LogP contribution is -2.28. The maximum Gasteiger partial charge on any atom is 0.253 e. The predicted molar refractivity (Wildman–Crippen MR) is 65.2 cm³/mol. The Kier molecular flexibility index (Phi) is 2.74. The van der Waals surface area contributed by atoms with Gasteiger partial charge in [-0.25, -0.2) is 0 Å². The van der Waals surface area contributed by atoms with Gasteiger partial charge in [0.2, 0.25) is 0 Å². The van der Waals surface area contributed by atoms with Gasteiger partial charge in [-0.3, -0.25) is 14.6 Å². The lowest BCUT2D eigenvalue weighted by molar-refractivity contribution is 0.0950. The Balaban J connectivity index is 1.70. The van der Waals surface area contributed by atoms with E-state index in [1.54, 1.807) is 6.07 Å². The standard InChI is InChI=1S/C13H15N3O2/c17-12(15-10-1-2-10)8-5-9(7-14-6-8)13(18)16-11-3-4-11/h5-7,10-11H,1-4H2,(H,15,17)(H,16,18). The van der Waals surface area contributed by atoms with Gasteiger partial charge < -0.3 is 10.6 Å². The Bertz CT molecular complexity index is 452. The van der Waals surface area contributed by atoms with Crippen molar-refractivity contribution in [3.8, 4) is 0 Å². The van der Waals surface area contributed by atoms with Crippen molar-refractivity contribution in [1.82, 2.24) is 15.6 Å². The number of carbonyl (C=O) groups is 2. The summed E-state index contributed by atoms with van der Waals surface area (Å²) in [4.78, 5) is 27.6. The van der Waals surface area contributed by atoms with Crippen LogP contribution in [0.4, 0.5) is 0 Å². The second kappa shape index (κ2) is 4.40. The van der Waals surface area contributed by atoms with Crippen molar-refractivity contribution >= 4 is 11.8 Å². The number of aromatic nitrogens is 1. The van der Waals surface area contributed by atoms with E-state index >= 15 is 0 Å². The third kappa shape index (κ3) is 2.67. The number of nitrogens with one attached hydrogen (secondary N) is 2. The normalized spacial score (nSPS) is 18.2. The van der Waals surface area contributed by atoms with Crippen molar-refractivity contribution in [3.05, 3.63) is 29.6 Å². The molecular formula is C13H15N3O2. The van der Waals surface area contributed by atoms with Crippen LogP contribution in [-0.4, -0.2) is 28.9 Å². The summed E-state index contributed by atoms with van der Waals surface area (Å²) in [5.74, 6) is -0.294. The topological polar surface area (TPSA) is 71.1 Å². The molecule has 2 aliphatic rings. The average Bonchev–Trinajstić information content (AvgIpc) is 3.25. The van der Waals surface area contributed by atoms with Gasteiger partial charge in [0.25, 0.3) is 11.8 Å². The van der Waals surface area contributed by atoms with Gasteiger partial charge in [0.1, 0.15) is 0 Å². The first-order chi connectivity index (χ1) is 8.72. The predicted octanol–water partition coefficient (Wildman–Crippen LogP) is 0.866. The van der Waals surface area contributed by atoms with Crippen LogP contribution in [0.15, 0.2) is 18.5 Å². The molecule has 0 spiro atoms. The average molecular weight is 245 g/mol. The highest BCUT2D eigenvalue weighted by molar-refractivity contribution is 5.99. The fourth-order valence-electron chi connectivity index (χ4n) is 1.68. The van der Waals surface area contributed by atoms with Crippen LogP contribution < -0.4 is 10.6 Å². The minimum absolute atomic E-state index is 0.147.